The van der Waals surface area contributed by atoms with Crippen molar-refractivity contribution < 1.29 is 0 Å². The number of benzene rings is 1. The molecule has 0 fully saturated rings. The summed E-state index contributed by atoms with van der Waals surface area (Å²) >= 11 is 0. The number of aromatic nitrogens is 1. The van der Waals surface area contributed by atoms with Crippen molar-refractivity contribution in [3.8, 4) is 0 Å². The molecule has 0 aliphatic carbocycles. The molecule has 3 nitrogen and oxygen atoms in total. The van der Waals surface area contributed by atoms with E-state index in [0.29, 0.717) is 6.04 Å². The Hall–Kier alpha value is -1.87. The molecule has 0 saturated heterocycles. The van der Waals surface area contributed by atoms with E-state index in [1.807, 2.05) is 12.3 Å². The Labute approximate surface area is 120 Å². The third kappa shape index (κ3) is 2.83. The zero-order valence-corrected chi connectivity index (χ0v) is 11.9. The fourth-order valence-corrected chi connectivity index (χ4v) is 2.76. The number of nitrogens with one attached hydrogen (secondary N) is 1. The van der Waals surface area contributed by atoms with Gasteiger partial charge in [-0.05, 0) is 30.2 Å². The Kier molecular flexibility index (Phi) is 3.97. The minimum atomic E-state index is 0.533. The van der Waals surface area contributed by atoms with Crippen molar-refractivity contribution in [2.75, 3.05) is 11.4 Å². The Bertz CT molecular complexity index is 553. The van der Waals surface area contributed by atoms with Gasteiger partial charge in [-0.25, -0.2) is 0 Å². The lowest BCUT2D eigenvalue weighted by Crippen LogP contribution is -2.37. The molecular formula is C17H21N3. The van der Waals surface area contributed by atoms with Crippen LogP contribution in [-0.4, -0.2) is 17.6 Å². The zero-order chi connectivity index (χ0) is 13.8. The smallest absolute Gasteiger partial charge is 0.0602 e. The molecule has 2 aromatic rings. The largest absolute Gasteiger partial charge is 0.364 e. The molecule has 20 heavy (non-hydrogen) atoms. The van der Waals surface area contributed by atoms with Crippen LogP contribution < -0.4 is 10.2 Å². The van der Waals surface area contributed by atoms with Gasteiger partial charge in [0.2, 0.25) is 0 Å². The number of rotatable bonds is 3. The Morgan fingerprint density at radius 2 is 2.05 bits per heavy atom. The van der Waals surface area contributed by atoms with E-state index in [1.165, 1.54) is 11.3 Å². The topological polar surface area (TPSA) is 28.2 Å². The zero-order valence-electron chi connectivity index (χ0n) is 11.9. The van der Waals surface area contributed by atoms with E-state index in [9.17, 15) is 0 Å². The Morgan fingerprint density at radius 1 is 1.20 bits per heavy atom. The molecule has 1 aliphatic heterocycles. The van der Waals surface area contributed by atoms with Crippen LogP contribution in [0, 0.1) is 0 Å². The fraction of sp³-hybridized carbons (Fsp3) is 0.353. The van der Waals surface area contributed by atoms with Gasteiger partial charge in [-0.1, -0.05) is 31.2 Å². The lowest BCUT2D eigenvalue weighted by atomic mass is 10.1. The number of para-hydroxylation sites is 1. The van der Waals surface area contributed by atoms with Gasteiger partial charge in [-0.15, -0.1) is 0 Å². The maximum Gasteiger partial charge on any atom is 0.0602 e. The maximum absolute atomic E-state index is 4.47. The van der Waals surface area contributed by atoms with E-state index in [2.05, 4.69) is 58.5 Å². The van der Waals surface area contributed by atoms with Gasteiger partial charge in [0.05, 0.1) is 12.2 Å². The minimum absolute atomic E-state index is 0.533. The van der Waals surface area contributed by atoms with E-state index < -0.39 is 0 Å². The van der Waals surface area contributed by atoms with Crippen molar-refractivity contribution in [1.82, 2.24) is 10.3 Å². The van der Waals surface area contributed by atoms with Gasteiger partial charge >= 0.3 is 0 Å². The molecule has 2 heterocycles. The predicted octanol–water partition coefficient (Wildman–Crippen LogP) is 2.97. The molecule has 1 aromatic heterocycles. The van der Waals surface area contributed by atoms with Crippen LogP contribution in [0.1, 0.15) is 24.6 Å². The van der Waals surface area contributed by atoms with Crippen LogP contribution in [0.4, 0.5) is 5.69 Å². The number of nitrogens with zero attached hydrogens (tertiary/aromatic N) is 2. The van der Waals surface area contributed by atoms with E-state index in [-0.39, 0.29) is 0 Å². The summed E-state index contributed by atoms with van der Waals surface area (Å²) in [5, 5.41) is 3.64. The number of anilines is 1. The molecule has 104 valence electrons. The second-order valence-corrected chi connectivity index (χ2v) is 5.32. The molecule has 1 aliphatic rings. The van der Waals surface area contributed by atoms with Crippen LogP contribution in [-0.2, 0) is 13.1 Å². The fourth-order valence-electron chi connectivity index (χ4n) is 2.76. The van der Waals surface area contributed by atoms with Crippen LogP contribution >= 0.6 is 0 Å². The standard InChI is InChI=1S/C17H21N3/c1-2-15-12-20(13-16-8-5-6-10-18-16)17-9-4-3-7-14(17)11-19-15/h3-10,15,19H,2,11-13H2,1H3. The van der Waals surface area contributed by atoms with Crippen LogP contribution in [0.3, 0.4) is 0 Å². The summed E-state index contributed by atoms with van der Waals surface area (Å²) in [5.41, 5.74) is 3.83. The molecule has 3 rings (SSSR count). The van der Waals surface area contributed by atoms with E-state index >= 15 is 0 Å². The minimum Gasteiger partial charge on any atom is -0.364 e. The molecule has 0 radical (unpaired) electrons. The monoisotopic (exact) mass is 267 g/mol. The number of pyridine rings is 1. The van der Waals surface area contributed by atoms with Crippen molar-refractivity contribution >= 4 is 5.69 Å². The van der Waals surface area contributed by atoms with Gasteiger partial charge in [-0.2, -0.15) is 0 Å². The molecule has 1 aromatic carbocycles. The van der Waals surface area contributed by atoms with Crippen molar-refractivity contribution in [3.63, 3.8) is 0 Å². The second kappa shape index (κ2) is 6.06. The second-order valence-electron chi connectivity index (χ2n) is 5.32. The molecule has 3 heteroatoms. The van der Waals surface area contributed by atoms with Crippen LogP contribution in [0.25, 0.3) is 0 Å². The van der Waals surface area contributed by atoms with E-state index in [4.69, 9.17) is 0 Å². The average molecular weight is 267 g/mol. The lowest BCUT2D eigenvalue weighted by molar-refractivity contribution is 0.501. The first-order valence-corrected chi connectivity index (χ1v) is 7.33. The maximum atomic E-state index is 4.47. The summed E-state index contributed by atoms with van der Waals surface area (Å²) in [5.74, 6) is 0. The first-order valence-electron chi connectivity index (χ1n) is 7.33. The SMILES string of the molecule is CCC1CN(Cc2ccccn2)c2ccccc2CN1. The molecule has 0 saturated carbocycles. The van der Waals surface area contributed by atoms with Gasteiger partial charge < -0.3 is 10.2 Å². The first kappa shape index (κ1) is 13.1. The molecule has 1 N–H and O–H groups in total. The van der Waals surface area contributed by atoms with Crippen molar-refractivity contribution in [2.24, 2.45) is 0 Å². The predicted molar refractivity (Wildman–Crippen MR) is 82.6 cm³/mol. The number of fused-ring (bicyclic) bond motifs is 1. The van der Waals surface area contributed by atoms with Gasteiger partial charge in [0.25, 0.3) is 0 Å². The van der Waals surface area contributed by atoms with Crippen LogP contribution in [0.2, 0.25) is 0 Å². The van der Waals surface area contributed by atoms with Gasteiger partial charge in [0.15, 0.2) is 0 Å². The highest BCUT2D eigenvalue weighted by molar-refractivity contribution is 5.54. The quantitative estimate of drug-likeness (QED) is 0.926. The van der Waals surface area contributed by atoms with Gasteiger partial charge in [0, 0.05) is 31.0 Å². The average Bonchev–Trinajstić information content (AvgIpc) is 2.68. The summed E-state index contributed by atoms with van der Waals surface area (Å²) in [7, 11) is 0. The highest BCUT2D eigenvalue weighted by Crippen LogP contribution is 2.25. The molecule has 1 unspecified atom stereocenters. The Morgan fingerprint density at radius 3 is 2.85 bits per heavy atom. The Balaban J connectivity index is 1.89. The third-order valence-electron chi connectivity index (χ3n) is 3.93. The molecule has 0 spiro atoms. The summed E-state index contributed by atoms with van der Waals surface area (Å²) in [4.78, 5) is 6.92. The highest BCUT2D eigenvalue weighted by atomic mass is 15.2. The summed E-state index contributed by atoms with van der Waals surface area (Å²) < 4.78 is 0. The number of hydrogen-bond donors (Lipinski definition) is 1. The lowest BCUT2D eigenvalue weighted by Gasteiger charge is -2.27. The first-order chi connectivity index (χ1) is 9.86. The number of hydrogen-bond acceptors (Lipinski definition) is 3. The van der Waals surface area contributed by atoms with E-state index in [0.717, 1.165) is 31.7 Å². The van der Waals surface area contributed by atoms with Crippen LogP contribution in [0.5, 0.6) is 0 Å². The summed E-state index contributed by atoms with van der Waals surface area (Å²) in [6, 6.07) is 15.3. The third-order valence-corrected chi connectivity index (χ3v) is 3.93. The van der Waals surface area contributed by atoms with Crippen molar-refractivity contribution in [1.29, 1.82) is 0 Å². The highest BCUT2D eigenvalue weighted by Gasteiger charge is 2.20. The molecule has 0 bridgehead atoms. The normalized spacial score (nSPS) is 18.4. The van der Waals surface area contributed by atoms with Gasteiger partial charge in [0.1, 0.15) is 0 Å². The van der Waals surface area contributed by atoms with E-state index in [1.54, 1.807) is 0 Å². The van der Waals surface area contributed by atoms with Gasteiger partial charge in [-0.3, -0.25) is 4.98 Å². The van der Waals surface area contributed by atoms with Crippen molar-refractivity contribution in [2.45, 2.75) is 32.5 Å². The molecule has 0 amide bonds. The van der Waals surface area contributed by atoms with Crippen LogP contribution in [0.15, 0.2) is 48.7 Å². The van der Waals surface area contributed by atoms with Crippen molar-refractivity contribution in [3.05, 3.63) is 59.9 Å². The molecular weight excluding hydrogens is 246 g/mol. The summed E-state index contributed by atoms with van der Waals surface area (Å²) in [6.45, 7) is 5.10. The molecule has 1 atom stereocenters. The summed E-state index contributed by atoms with van der Waals surface area (Å²) in [6.07, 6.45) is 3.02.